The number of likely N-dealkylation sites (N-methyl/N-ethyl adjacent to an activating group) is 1. The van der Waals surface area contributed by atoms with Crippen molar-refractivity contribution in [3.8, 4) is 11.1 Å². The molecule has 2 heterocycles. The van der Waals surface area contributed by atoms with Gasteiger partial charge in [-0.05, 0) is 36.1 Å². The van der Waals surface area contributed by atoms with E-state index in [0.29, 0.717) is 6.54 Å². The van der Waals surface area contributed by atoms with Crippen molar-refractivity contribution in [2.24, 2.45) is 0 Å². The fourth-order valence-electron chi connectivity index (χ4n) is 4.14. The van der Waals surface area contributed by atoms with Gasteiger partial charge < -0.3 is 4.90 Å². The first-order chi connectivity index (χ1) is 14.7. The summed E-state index contributed by atoms with van der Waals surface area (Å²) in [6.45, 7) is 18.8. The van der Waals surface area contributed by atoms with E-state index in [2.05, 4.69) is 77.6 Å². The fraction of sp³-hybridized carbons (Fsp3) is 0.538. The molecule has 0 spiro atoms. The highest BCUT2D eigenvalue weighted by molar-refractivity contribution is 7.19. The predicted octanol–water partition coefficient (Wildman–Crippen LogP) is 5.89. The zero-order valence-electron chi connectivity index (χ0n) is 20.2. The standard InChI is InChI=1S/C26H37N3OS/c1-8-20-22(18-12-14-19(15-13-18)26(5,6)7)23-24(31-20)27-21(9-2)29(25(23)30)17-16-28(10-3)11-4/h12-15H,8-11,16-17H2,1-7H3. The second-order valence-corrected chi connectivity index (χ2v) is 10.2. The molecule has 168 valence electrons. The largest absolute Gasteiger partial charge is 0.302 e. The molecule has 0 aliphatic heterocycles. The number of nitrogens with zero attached hydrogens (tertiary/aromatic N) is 3. The van der Waals surface area contributed by atoms with Gasteiger partial charge in [0.2, 0.25) is 0 Å². The summed E-state index contributed by atoms with van der Waals surface area (Å²) in [4.78, 5) is 23.2. The third-order valence-corrected chi connectivity index (χ3v) is 7.40. The number of aromatic nitrogens is 2. The summed E-state index contributed by atoms with van der Waals surface area (Å²) in [6.07, 6.45) is 1.66. The molecule has 0 aliphatic rings. The van der Waals surface area contributed by atoms with Gasteiger partial charge in [-0.25, -0.2) is 4.98 Å². The lowest BCUT2D eigenvalue weighted by molar-refractivity contribution is 0.287. The van der Waals surface area contributed by atoms with Gasteiger partial charge in [-0.1, -0.05) is 72.7 Å². The van der Waals surface area contributed by atoms with Crippen LogP contribution in [-0.4, -0.2) is 34.1 Å². The van der Waals surface area contributed by atoms with Crippen molar-refractivity contribution in [2.45, 2.75) is 73.3 Å². The van der Waals surface area contributed by atoms with Gasteiger partial charge in [0.25, 0.3) is 5.56 Å². The Balaban J connectivity index is 2.17. The Kier molecular flexibility index (Phi) is 7.38. The van der Waals surface area contributed by atoms with Crippen LogP contribution in [0.1, 0.15) is 64.7 Å². The maximum absolute atomic E-state index is 13.8. The zero-order chi connectivity index (χ0) is 22.8. The SMILES string of the molecule is CCc1sc2nc(CC)n(CCN(CC)CC)c(=O)c2c1-c1ccc(C(C)(C)C)cc1. The Morgan fingerprint density at radius 3 is 2.16 bits per heavy atom. The quantitative estimate of drug-likeness (QED) is 0.439. The monoisotopic (exact) mass is 439 g/mol. The van der Waals surface area contributed by atoms with Crippen LogP contribution in [0, 0.1) is 0 Å². The van der Waals surface area contributed by atoms with Crippen LogP contribution in [-0.2, 0) is 24.8 Å². The molecule has 0 bridgehead atoms. The number of hydrogen-bond acceptors (Lipinski definition) is 4. The first kappa shape index (κ1) is 23.7. The number of aryl methyl sites for hydroxylation is 2. The third kappa shape index (κ3) is 4.78. The molecular formula is C26H37N3OS. The molecule has 0 amide bonds. The summed E-state index contributed by atoms with van der Waals surface area (Å²) in [5.74, 6) is 0.892. The number of thiophene rings is 1. The lowest BCUT2D eigenvalue weighted by Crippen LogP contribution is -2.33. The molecule has 0 atom stereocenters. The third-order valence-electron chi connectivity index (χ3n) is 6.17. The highest BCUT2D eigenvalue weighted by Crippen LogP contribution is 2.37. The summed E-state index contributed by atoms with van der Waals surface area (Å²) in [6, 6.07) is 8.75. The maximum Gasteiger partial charge on any atom is 0.262 e. The average Bonchev–Trinajstić information content (AvgIpc) is 3.13. The molecular weight excluding hydrogens is 402 g/mol. The topological polar surface area (TPSA) is 38.1 Å². The van der Waals surface area contributed by atoms with Gasteiger partial charge >= 0.3 is 0 Å². The van der Waals surface area contributed by atoms with Gasteiger partial charge in [0.1, 0.15) is 10.7 Å². The Hall–Kier alpha value is -1.98. The van der Waals surface area contributed by atoms with E-state index in [0.717, 1.165) is 59.6 Å². The van der Waals surface area contributed by atoms with Crippen molar-refractivity contribution in [1.29, 1.82) is 0 Å². The molecule has 0 saturated carbocycles. The van der Waals surface area contributed by atoms with Gasteiger partial charge in [0.15, 0.2) is 0 Å². The van der Waals surface area contributed by atoms with E-state index in [1.807, 2.05) is 4.57 Å². The molecule has 4 nitrogen and oxygen atoms in total. The first-order valence-corrected chi connectivity index (χ1v) is 12.4. The Morgan fingerprint density at radius 2 is 1.65 bits per heavy atom. The number of hydrogen-bond donors (Lipinski definition) is 0. The van der Waals surface area contributed by atoms with Gasteiger partial charge in [-0.15, -0.1) is 11.3 Å². The van der Waals surface area contributed by atoms with Gasteiger partial charge in [-0.3, -0.25) is 9.36 Å². The predicted molar refractivity (Wildman–Crippen MR) is 135 cm³/mol. The Labute approximate surface area is 190 Å². The number of fused-ring (bicyclic) bond motifs is 1. The molecule has 0 fully saturated rings. The molecule has 1 aromatic carbocycles. The zero-order valence-corrected chi connectivity index (χ0v) is 21.0. The summed E-state index contributed by atoms with van der Waals surface area (Å²) < 4.78 is 1.92. The van der Waals surface area contributed by atoms with Crippen molar-refractivity contribution in [2.75, 3.05) is 19.6 Å². The minimum atomic E-state index is 0.109. The molecule has 0 N–H and O–H groups in total. The van der Waals surface area contributed by atoms with E-state index in [-0.39, 0.29) is 11.0 Å². The molecule has 0 aliphatic carbocycles. The summed E-state index contributed by atoms with van der Waals surface area (Å²) in [5.41, 5.74) is 3.73. The van der Waals surface area contributed by atoms with Crippen molar-refractivity contribution in [1.82, 2.24) is 14.5 Å². The smallest absolute Gasteiger partial charge is 0.262 e. The maximum atomic E-state index is 13.8. The second kappa shape index (κ2) is 9.66. The van der Waals surface area contributed by atoms with Gasteiger partial charge in [0, 0.05) is 30.0 Å². The lowest BCUT2D eigenvalue weighted by Gasteiger charge is -2.20. The lowest BCUT2D eigenvalue weighted by atomic mass is 9.86. The Bertz CT molecular complexity index is 1080. The van der Waals surface area contributed by atoms with Crippen LogP contribution in [0.5, 0.6) is 0 Å². The van der Waals surface area contributed by atoms with Crippen molar-refractivity contribution in [3.63, 3.8) is 0 Å². The van der Waals surface area contributed by atoms with Crippen molar-refractivity contribution in [3.05, 3.63) is 50.9 Å². The van der Waals surface area contributed by atoms with E-state index in [1.54, 1.807) is 11.3 Å². The normalized spacial score (nSPS) is 12.3. The van der Waals surface area contributed by atoms with Crippen LogP contribution in [0.15, 0.2) is 29.1 Å². The van der Waals surface area contributed by atoms with Crippen molar-refractivity contribution >= 4 is 21.6 Å². The molecule has 0 saturated heterocycles. The van der Waals surface area contributed by atoms with E-state index in [9.17, 15) is 4.79 Å². The van der Waals surface area contributed by atoms with Crippen LogP contribution >= 0.6 is 11.3 Å². The van der Waals surface area contributed by atoms with E-state index in [4.69, 9.17) is 4.98 Å². The minimum Gasteiger partial charge on any atom is -0.302 e. The summed E-state index contributed by atoms with van der Waals surface area (Å²) in [5, 5.41) is 0.794. The van der Waals surface area contributed by atoms with Crippen LogP contribution < -0.4 is 5.56 Å². The van der Waals surface area contributed by atoms with Gasteiger partial charge in [0.05, 0.1) is 5.39 Å². The molecule has 0 unspecified atom stereocenters. The van der Waals surface area contributed by atoms with E-state index in [1.165, 1.54) is 10.4 Å². The Morgan fingerprint density at radius 1 is 1.00 bits per heavy atom. The van der Waals surface area contributed by atoms with Crippen LogP contribution in [0.3, 0.4) is 0 Å². The summed E-state index contributed by atoms with van der Waals surface area (Å²) in [7, 11) is 0. The average molecular weight is 440 g/mol. The van der Waals surface area contributed by atoms with E-state index < -0.39 is 0 Å². The number of benzene rings is 1. The van der Waals surface area contributed by atoms with E-state index >= 15 is 0 Å². The number of rotatable bonds is 8. The second-order valence-electron chi connectivity index (χ2n) is 9.13. The van der Waals surface area contributed by atoms with Crippen LogP contribution in [0.4, 0.5) is 0 Å². The highest BCUT2D eigenvalue weighted by atomic mass is 32.1. The fourth-order valence-corrected chi connectivity index (χ4v) is 5.29. The van der Waals surface area contributed by atoms with Crippen molar-refractivity contribution < 1.29 is 0 Å². The molecule has 2 aromatic heterocycles. The highest BCUT2D eigenvalue weighted by Gasteiger charge is 2.21. The molecule has 3 rings (SSSR count). The first-order valence-electron chi connectivity index (χ1n) is 11.6. The molecule has 0 radical (unpaired) electrons. The summed E-state index contributed by atoms with van der Waals surface area (Å²) >= 11 is 1.68. The van der Waals surface area contributed by atoms with Gasteiger partial charge in [-0.2, -0.15) is 0 Å². The van der Waals surface area contributed by atoms with Crippen LogP contribution in [0.2, 0.25) is 0 Å². The minimum absolute atomic E-state index is 0.109. The molecule has 3 aromatic rings. The van der Waals surface area contributed by atoms with Crippen LogP contribution in [0.25, 0.3) is 21.3 Å². The molecule has 31 heavy (non-hydrogen) atoms. The molecule has 5 heteroatoms.